The second-order valence-corrected chi connectivity index (χ2v) is 5.20. The molecule has 0 aliphatic carbocycles. The van der Waals surface area contributed by atoms with E-state index >= 15 is 0 Å². The predicted octanol–water partition coefficient (Wildman–Crippen LogP) is 2.95. The molecule has 0 amide bonds. The summed E-state index contributed by atoms with van der Waals surface area (Å²) >= 11 is 3.18. The van der Waals surface area contributed by atoms with Crippen LogP contribution in [0.1, 0.15) is 0 Å². The first kappa shape index (κ1) is 13.6. The van der Waals surface area contributed by atoms with E-state index < -0.39 is 11.6 Å². The van der Waals surface area contributed by atoms with Crippen LogP contribution in [0.5, 0.6) is 0 Å². The van der Waals surface area contributed by atoms with Crippen LogP contribution in [0.4, 0.5) is 14.5 Å². The highest BCUT2D eigenvalue weighted by molar-refractivity contribution is 9.10. The van der Waals surface area contributed by atoms with E-state index in [4.69, 9.17) is 5.73 Å². The van der Waals surface area contributed by atoms with Crippen molar-refractivity contribution >= 4 is 21.6 Å². The third kappa shape index (κ3) is 2.62. The number of anilines is 1. The molecule has 0 aliphatic heterocycles. The first-order valence-corrected chi connectivity index (χ1v) is 6.64. The number of hydrogen-bond acceptors (Lipinski definition) is 4. The molecule has 0 unspecified atom stereocenters. The minimum atomic E-state index is -0.518. The molecular formula is C13H8BrF2N5. The second kappa shape index (κ2) is 5.21. The van der Waals surface area contributed by atoms with Gasteiger partial charge >= 0.3 is 0 Å². The summed E-state index contributed by atoms with van der Waals surface area (Å²) in [6.45, 7) is 0. The Morgan fingerprint density at radius 3 is 2.62 bits per heavy atom. The van der Waals surface area contributed by atoms with Crippen LogP contribution in [0.3, 0.4) is 0 Å². The maximum absolute atomic E-state index is 14.0. The maximum atomic E-state index is 14.0. The van der Waals surface area contributed by atoms with Crippen molar-refractivity contribution in [3.05, 3.63) is 52.5 Å². The number of nitrogen functional groups attached to an aromatic ring is 1. The van der Waals surface area contributed by atoms with Gasteiger partial charge in [0.2, 0.25) is 0 Å². The standard InChI is InChI=1S/C13H8BrF2N5/c14-8-1-2-12(11(16)5-8)21-13(18-19-20-21)7-3-9(15)6-10(17)4-7/h1-6H,17H2. The third-order valence-corrected chi connectivity index (χ3v) is 3.28. The molecule has 21 heavy (non-hydrogen) atoms. The Labute approximate surface area is 126 Å². The zero-order valence-electron chi connectivity index (χ0n) is 10.5. The molecule has 0 radical (unpaired) electrons. The molecular weight excluding hydrogens is 344 g/mol. The van der Waals surface area contributed by atoms with E-state index in [-0.39, 0.29) is 17.2 Å². The molecule has 0 atom stereocenters. The monoisotopic (exact) mass is 351 g/mol. The third-order valence-electron chi connectivity index (χ3n) is 2.79. The predicted molar refractivity (Wildman–Crippen MR) is 76.6 cm³/mol. The Morgan fingerprint density at radius 1 is 1.10 bits per heavy atom. The lowest BCUT2D eigenvalue weighted by Crippen LogP contribution is -2.03. The second-order valence-electron chi connectivity index (χ2n) is 4.28. The number of hydrogen-bond donors (Lipinski definition) is 1. The van der Waals surface area contributed by atoms with Gasteiger partial charge in [0, 0.05) is 15.7 Å². The summed E-state index contributed by atoms with van der Waals surface area (Å²) in [4.78, 5) is 0. The highest BCUT2D eigenvalue weighted by Gasteiger charge is 2.15. The highest BCUT2D eigenvalue weighted by atomic mass is 79.9. The molecule has 3 rings (SSSR count). The Bertz CT molecular complexity index is 798. The van der Waals surface area contributed by atoms with Gasteiger partial charge in [-0.2, -0.15) is 4.68 Å². The summed E-state index contributed by atoms with van der Waals surface area (Å²) in [5.41, 5.74) is 6.35. The zero-order chi connectivity index (χ0) is 15.0. The number of benzene rings is 2. The smallest absolute Gasteiger partial charge is 0.187 e. The van der Waals surface area contributed by atoms with E-state index in [0.29, 0.717) is 10.0 Å². The zero-order valence-corrected chi connectivity index (χ0v) is 12.1. The molecule has 2 N–H and O–H groups in total. The Balaban J connectivity index is 2.17. The van der Waals surface area contributed by atoms with E-state index in [1.807, 2.05) is 0 Å². The molecule has 8 heteroatoms. The van der Waals surface area contributed by atoms with Crippen molar-refractivity contribution in [2.75, 3.05) is 5.73 Å². The van der Waals surface area contributed by atoms with Crippen molar-refractivity contribution in [2.45, 2.75) is 0 Å². The van der Waals surface area contributed by atoms with E-state index in [1.165, 1.54) is 35.0 Å². The van der Waals surface area contributed by atoms with Gasteiger partial charge in [-0.3, -0.25) is 0 Å². The molecule has 5 nitrogen and oxygen atoms in total. The van der Waals surface area contributed by atoms with Gasteiger partial charge in [-0.15, -0.1) is 5.10 Å². The van der Waals surface area contributed by atoms with Gasteiger partial charge in [0.25, 0.3) is 0 Å². The fourth-order valence-corrected chi connectivity index (χ4v) is 2.26. The van der Waals surface area contributed by atoms with Crippen molar-refractivity contribution in [2.24, 2.45) is 0 Å². The number of halogens is 3. The molecule has 3 aromatic rings. The van der Waals surface area contributed by atoms with Crippen LogP contribution in [-0.4, -0.2) is 20.2 Å². The Morgan fingerprint density at radius 2 is 1.90 bits per heavy atom. The minimum Gasteiger partial charge on any atom is -0.399 e. The van der Waals surface area contributed by atoms with Gasteiger partial charge in [-0.05, 0) is 46.8 Å². The molecule has 106 valence electrons. The van der Waals surface area contributed by atoms with Crippen molar-refractivity contribution < 1.29 is 8.78 Å². The molecule has 0 fully saturated rings. The van der Waals surface area contributed by atoms with Gasteiger partial charge in [0.15, 0.2) is 5.82 Å². The van der Waals surface area contributed by atoms with Crippen LogP contribution >= 0.6 is 15.9 Å². The van der Waals surface area contributed by atoms with Crippen molar-refractivity contribution in [1.82, 2.24) is 20.2 Å². The number of nitrogens with zero attached hydrogens (tertiary/aromatic N) is 4. The average molecular weight is 352 g/mol. The lowest BCUT2D eigenvalue weighted by molar-refractivity contribution is 0.607. The number of nitrogens with two attached hydrogens (primary N) is 1. The molecule has 0 aliphatic rings. The van der Waals surface area contributed by atoms with Crippen molar-refractivity contribution in [1.29, 1.82) is 0 Å². The summed E-state index contributed by atoms with van der Waals surface area (Å²) < 4.78 is 29.3. The van der Waals surface area contributed by atoms with Gasteiger partial charge in [-0.1, -0.05) is 15.9 Å². The SMILES string of the molecule is Nc1cc(F)cc(-c2nnnn2-c2ccc(Br)cc2F)c1. The summed E-state index contributed by atoms with van der Waals surface area (Å²) in [6.07, 6.45) is 0. The van der Waals surface area contributed by atoms with Crippen LogP contribution < -0.4 is 5.73 Å². The molecule has 0 saturated carbocycles. The van der Waals surface area contributed by atoms with E-state index in [1.54, 1.807) is 6.07 Å². The lowest BCUT2D eigenvalue weighted by atomic mass is 10.2. The van der Waals surface area contributed by atoms with Crippen LogP contribution in [0, 0.1) is 11.6 Å². The molecule has 0 bridgehead atoms. The van der Waals surface area contributed by atoms with E-state index in [2.05, 4.69) is 31.5 Å². The minimum absolute atomic E-state index is 0.154. The lowest BCUT2D eigenvalue weighted by Gasteiger charge is -2.07. The van der Waals surface area contributed by atoms with Gasteiger partial charge in [-0.25, -0.2) is 8.78 Å². The van der Waals surface area contributed by atoms with Gasteiger partial charge < -0.3 is 5.73 Å². The molecule has 1 aromatic heterocycles. The summed E-state index contributed by atoms with van der Waals surface area (Å²) in [6, 6.07) is 8.39. The normalized spacial score (nSPS) is 10.8. The van der Waals surface area contributed by atoms with Gasteiger partial charge in [0.1, 0.15) is 17.3 Å². The first-order chi connectivity index (χ1) is 10.0. The summed E-state index contributed by atoms with van der Waals surface area (Å²) in [5, 5.41) is 11.1. The van der Waals surface area contributed by atoms with Crippen LogP contribution in [-0.2, 0) is 0 Å². The van der Waals surface area contributed by atoms with Crippen LogP contribution in [0.15, 0.2) is 40.9 Å². The average Bonchev–Trinajstić information content (AvgIpc) is 2.86. The quantitative estimate of drug-likeness (QED) is 0.720. The molecule has 1 heterocycles. The molecule has 2 aromatic carbocycles. The van der Waals surface area contributed by atoms with E-state index in [0.717, 1.165) is 0 Å². The molecule has 0 saturated heterocycles. The number of rotatable bonds is 2. The fraction of sp³-hybridized carbons (Fsp3) is 0. The van der Waals surface area contributed by atoms with Crippen molar-refractivity contribution in [3.8, 4) is 17.1 Å². The topological polar surface area (TPSA) is 69.6 Å². The van der Waals surface area contributed by atoms with Crippen molar-refractivity contribution in [3.63, 3.8) is 0 Å². The summed E-state index contributed by atoms with van der Waals surface area (Å²) in [5.74, 6) is -0.833. The first-order valence-electron chi connectivity index (χ1n) is 5.85. The summed E-state index contributed by atoms with van der Waals surface area (Å²) in [7, 11) is 0. The molecule has 0 spiro atoms. The Hall–Kier alpha value is -2.35. The maximum Gasteiger partial charge on any atom is 0.187 e. The van der Waals surface area contributed by atoms with Crippen LogP contribution in [0.2, 0.25) is 0 Å². The Kier molecular flexibility index (Phi) is 3.38. The number of tetrazole rings is 1. The largest absolute Gasteiger partial charge is 0.399 e. The highest BCUT2D eigenvalue weighted by Crippen LogP contribution is 2.25. The van der Waals surface area contributed by atoms with E-state index in [9.17, 15) is 8.78 Å². The van der Waals surface area contributed by atoms with Gasteiger partial charge in [0.05, 0.1) is 0 Å². The number of aromatic nitrogens is 4. The van der Waals surface area contributed by atoms with Crippen LogP contribution in [0.25, 0.3) is 17.1 Å². The fourth-order valence-electron chi connectivity index (χ4n) is 1.92.